The molecule has 4 aliphatic rings. The highest BCUT2D eigenvalue weighted by molar-refractivity contribution is 6.06. The Morgan fingerprint density at radius 3 is 2.10 bits per heavy atom. The van der Waals surface area contributed by atoms with Gasteiger partial charge in [0, 0.05) is 55.8 Å². The molecular formula is C34H37FN4O2. The van der Waals surface area contributed by atoms with Crippen LogP contribution in [0.2, 0.25) is 0 Å². The molecule has 2 bridgehead atoms. The van der Waals surface area contributed by atoms with Crippen molar-refractivity contribution in [3.63, 3.8) is 0 Å². The zero-order valence-corrected chi connectivity index (χ0v) is 23.9. The van der Waals surface area contributed by atoms with Crippen molar-refractivity contribution in [2.45, 2.75) is 52.0 Å². The minimum atomic E-state index is -0.988. The second-order valence-corrected chi connectivity index (χ2v) is 12.8. The van der Waals surface area contributed by atoms with Gasteiger partial charge in [0.25, 0.3) is 5.91 Å². The molecular weight excluding hydrogens is 515 g/mol. The summed E-state index contributed by atoms with van der Waals surface area (Å²) >= 11 is 0. The third kappa shape index (κ3) is 5.07. The van der Waals surface area contributed by atoms with Crippen LogP contribution >= 0.6 is 0 Å². The molecule has 4 unspecified atom stereocenters. The van der Waals surface area contributed by atoms with Crippen molar-refractivity contribution in [3.05, 3.63) is 108 Å². The lowest BCUT2D eigenvalue weighted by Gasteiger charge is -2.62. The maximum absolute atomic E-state index is 14.6. The number of pyridine rings is 2. The van der Waals surface area contributed by atoms with E-state index in [9.17, 15) is 14.0 Å². The summed E-state index contributed by atoms with van der Waals surface area (Å²) in [6.45, 7) is 7.65. The zero-order chi connectivity index (χ0) is 28.8. The van der Waals surface area contributed by atoms with Gasteiger partial charge in [0.05, 0.1) is 0 Å². The van der Waals surface area contributed by atoms with E-state index in [1.165, 1.54) is 36.8 Å². The molecule has 3 saturated carbocycles. The lowest BCUT2D eigenvalue weighted by molar-refractivity contribution is -0.142. The van der Waals surface area contributed by atoms with Crippen molar-refractivity contribution in [2.75, 3.05) is 6.54 Å². The van der Waals surface area contributed by atoms with Crippen LogP contribution in [0.15, 0.2) is 85.2 Å². The fourth-order valence-corrected chi connectivity index (χ4v) is 7.58. The Labute approximate surface area is 241 Å². The van der Waals surface area contributed by atoms with Gasteiger partial charge in [-0.25, -0.2) is 4.39 Å². The monoisotopic (exact) mass is 552 g/mol. The number of allylic oxidation sites excluding steroid dienone is 1. The summed E-state index contributed by atoms with van der Waals surface area (Å²) in [5.74, 6) is 1.94. The predicted octanol–water partition coefficient (Wildman–Crippen LogP) is 5.61. The lowest BCUT2D eigenvalue weighted by atomic mass is 9.43. The molecule has 1 aromatic carbocycles. The summed E-state index contributed by atoms with van der Waals surface area (Å²) in [7, 11) is 0. The average Bonchev–Trinajstić information content (AvgIpc) is 3.20. The van der Waals surface area contributed by atoms with E-state index in [4.69, 9.17) is 0 Å². The summed E-state index contributed by atoms with van der Waals surface area (Å²) in [5, 5.41) is 3.56. The number of hydrogen-bond donors (Lipinski definition) is 1. The third-order valence-electron chi connectivity index (χ3n) is 10.1. The number of carbonyl (C=O) groups is 2. The Morgan fingerprint density at radius 1 is 0.976 bits per heavy atom. The number of fused-ring (bicyclic) bond motifs is 2. The smallest absolute Gasteiger partial charge is 0.254 e. The first-order valence-corrected chi connectivity index (χ1v) is 14.6. The normalized spacial score (nSPS) is 26.9. The van der Waals surface area contributed by atoms with Crippen LogP contribution in [-0.4, -0.2) is 38.6 Å². The number of nitrogens with zero attached hydrogens (tertiary/aromatic N) is 3. The van der Waals surface area contributed by atoms with E-state index in [1.807, 2.05) is 29.2 Å². The average molecular weight is 553 g/mol. The molecule has 1 aliphatic heterocycles. The van der Waals surface area contributed by atoms with Crippen molar-refractivity contribution in [1.82, 2.24) is 20.2 Å². The number of amides is 1. The van der Waals surface area contributed by atoms with E-state index < -0.39 is 11.4 Å². The van der Waals surface area contributed by atoms with Crippen LogP contribution in [0.5, 0.6) is 0 Å². The number of ketones is 1. The summed E-state index contributed by atoms with van der Waals surface area (Å²) < 4.78 is 13.6. The molecule has 3 aromatic rings. The Bertz CT molecular complexity index is 1410. The van der Waals surface area contributed by atoms with Gasteiger partial charge in [-0.1, -0.05) is 20.8 Å². The first-order valence-electron chi connectivity index (χ1n) is 14.6. The largest absolute Gasteiger partial charge is 0.357 e. The minimum absolute atomic E-state index is 0.0324. The molecule has 1 saturated heterocycles. The van der Waals surface area contributed by atoms with E-state index in [1.54, 1.807) is 24.8 Å². The van der Waals surface area contributed by atoms with Gasteiger partial charge >= 0.3 is 0 Å². The predicted molar refractivity (Wildman–Crippen MR) is 155 cm³/mol. The van der Waals surface area contributed by atoms with Crippen molar-refractivity contribution in [3.8, 4) is 0 Å². The second-order valence-electron chi connectivity index (χ2n) is 12.8. The van der Waals surface area contributed by atoms with Crippen molar-refractivity contribution in [2.24, 2.45) is 29.1 Å². The van der Waals surface area contributed by atoms with Gasteiger partial charge in [-0.15, -0.1) is 0 Å². The Kier molecular flexibility index (Phi) is 7.00. The zero-order valence-electron chi connectivity index (χ0n) is 23.9. The molecule has 0 spiro atoms. The standard InChI is InChI=1S/C34H37FN4O2/c1-22-26(16-27-17-29(22)33(27,2)3)21-39-31(18-30(40)25-4-6-28(35)7-5-25)38-34(32(39)41,19-23-8-12-36-13-9-23)20-24-10-14-37-15-11-24/h4-15,18,22,26-27,29,38H,16-17,19-21H2,1-3H3. The molecule has 6 nitrogen and oxygen atoms in total. The van der Waals surface area contributed by atoms with E-state index in [-0.39, 0.29) is 11.7 Å². The fraction of sp³-hybridized carbons (Fsp3) is 0.412. The van der Waals surface area contributed by atoms with Gasteiger partial charge in [-0.3, -0.25) is 24.5 Å². The maximum atomic E-state index is 14.6. The van der Waals surface area contributed by atoms with Crippen molar-refractivity contribution < 1.29 is 14.0 Å². The molecule has 41 heavy (non-hydrogen) atoms. The SMILES string of the molecule is CC1C(CN2C(=O)C(Cc3ccncc3)(Cc3ccncc3)NC2=CC(=O)c2ccc(F)cc2)CC2CC1C2(C)C. The van der Waals surface area contributed by atoms with Crippen LogP contribution in [0.4, 0.5) is 4.39 Å². The van der Waals surface area contributed by atoms with Gasteiger partial charge < -0.3 is 5.32 Å². The number of aromatic nitrogens is 2. The van der Waals surface area contributed by atoms with Crippen LogP contribution < -0.4 is 5.32 Å². The van der Waals surface area contributed by atoms with Gasteiger partial charge in [0.2, 0.25) is 0 Å². The molecule has 1 amide bonds. The maximum Gasteiger partial charge on any atom is 0.254 e. The van der Waals surface area contributed by atoms with Crippen LogP contribution in [-0.2, 0) is 17.6 Å². The molecule has 4 fully saturated rings. The first-order chi connectivity index (χ1) is 19.7. The molecule has 3 aliphatic carbocycles. The van der Waals surface area contributed by atoms with Crippen LogP contribution in [0.1, 0.15) is 55.1 Å². The van der Waals surface area contributed by atoms with Gasteiger partial charge in [0.1, 0.15) is 17.2 Å². The number of rotatable bonds is 8. The van der Waals surface area contributed by atoms with E-state index in [0.29, 0.717) is 59.9 Å². The molecule has 1 N–H and O–H groups in total. The molecule has 7 heteroatoms. The van der Waals surface area contributed by atoms with E-state index in [0.717, 1.165) is 17.5 Å². The Hall–Kier alpha value is -3.87. The molecule has 212 valence electrons. The summed E-state index contributed by atoms with van der Waals surface area (Å²) in [5.41, 5.74) is 1.69. The number of benzene rings is 1. The van der Waals surface area contributed by atoms with Crippen LogP contribution in [0.3, 0.4) is 0 Å². The summed E-state index contributed by atoms with van der Waals surface area (Å²) in [4.78, 5) is 38.2. The first kappa shape index (κ1) is 27.3. The van der Waals surface area contributed by atoms with E-state index >= 15 is 0 Å². The molecule has 2 aromatic heterocycles. The number of carbonyl (C=O) groups excluding carboxylic acids is 2. The lowest BCUT2D eigenvalue weighted by Crippen LogP contribution is -2.57. The number of nitrogens with one attached hydrogen (secondary N) is 1. The third-order valence-corrected chi connectivity index (χ3v) is 10.1. The second kappa shape index (κ2) is 10.5. The van der Waals surface area contributed by atoms with Gasteiger partial charge in [-0.2, -0.15) is 0 Å². The van der Waals surface area contributed by atoms with Gasteiger partial charge in [0.15, 0.2) is 5.78 Å². The Morgan fingerprint density at radius 2 is 1.56 bits per heavy atom. The number of hydrogen-bond acceptors (Lipinski definition) is 5. The fourth-order valence-electron chi connectivity index (χ4n) is 7.58. The van der Waals surface area contributed by atoms with Gasteiger partial charge in [-0.05, 0) is 102 Å². The summed E-state index contributed by atoms with van der Waals surface area (Å²) in [6.07, 6.45) is 11.7. The summed E-state index contributed by atoms with van der Waals surface area (Å²) in [6, 6.07) is 13.2. The quantitative estimate of drug-likeness (QED) is 0.290. The molecule has 4 atom stereocenters. The number of halogens is 1. The van der Waals surface area contributed by atoms with Crippen molar-refractivity contribution in [1.29, 1.82) is 0 Å². The minimum Gasteiger partial charge on any atom is -0.357 e. The Balaban J connectivity index is 1.38. The highest BCUT2D eigenvalue weighted by Crippen LogP contribution is 2.63. The van der Waals surface area contributed by atoms with Crippen LogP contribution in [0.25, 0.3) is 0 Å². The van der Waals surface area contributed by atoms with E-state index in [2.05, 4.69) is 36.1 Å². The molecule has 7 rings (SSSR count). The highest BCUT2D eigenvalue weighted by Gasteiger charge is 2.57. The molecule has 3 heterocycles. The highest BCUT2D eigenvalue weighted by atomic mass is 19.1. The topological polar surface area (TPSA) is 75.2 Å². The van der Waals surface area contributed by atoms with Crippen LogP contribution in [0, 0.1) is 34.9 Å². The molecule has 0 radical (unpaired) electrons. The van der Waals surface area contributed by atoms with Crippen molar-refractivity contribution >= 4 is 11.7 Å².